The number of aryl methyl sites for hydroxylation is 1. The number of benzene rings is 2. The lowest BCUT2D eigenvalue weighted by atomic mass is 10.1. The van der Waals surface area contributed by atoms with E-state index in [-0.39, 0.29) is 31.0 Å². The van der Waals surface area contributed by atoms with Crippen molar-refractivity contribution in [3.8, 4) is 11.5 Å². The number of carbonyl (C=O) groups excluding carboxylic acids is 2. The summed E-state index contributed by atoms with van der Waals surface area (Å²) in [4.78, 5) is 27.4. The number of nitrogens with zero attached hydrogens (tertiary/aromatic N) is 1. The standard InChI is InChI=1S/C24H31BrN2O4/c1-6-17(3)26-24(29)18(4)27(14-19-8-7-9-20(13-19)30-5)23(28)15-31-21-10-11-22(25)16(2)12-21/h7-13,17-18H,6,14-15H2,1-5H3,(H,26,29)/t17-,18-/m1/s1. The monoisotopic (exact) mass is 490 g/mol. The highest BCUT2D eigenvalue weighted by molar-refractivity contribution is 9.10. The van der Waals surface area contributed by atoms with E-state index in [1.54, 1.807) is 20.1 Å². The largest absolute Gasteiger partial charge is 0.497 e. The Morgan fingerprint density at radius 1 is 1.13 bits per heavy atom. The van der Waals surface area contributed by atoms with Crippen LogP contribution in [0.15, 0.2) is 46.9 Å². The van der Waals surface area contributed by atoms with Crippen molar-refractivity contribution >= 4 is 27.7 Å². The quantitative estimate of drug-likeness (QED) is 0.533. The minimum atomic E-state index is -0.650. The van der Waals surface area contributed by atoms with Gasteiger partial charge in [0.1, 0.15) is 17.5 Å². The van der Waals surface area contributed by atoms with Gasteiger partial charge < -0.3 is 19.7 Å². The lowest BCUT2D eigenvalue weighted by Crippen LogP contribution is -2.50. The molecule has 0 radical (unpaired) electrons. The van der Waals surface area contributed by atoms with E-state index >= 15 is 0 Å². The summed E-state index contributed by atoms with van der Waals surface area (Å²) < 4.78 is 12.0. The van der Waals surface area contributed by atoms with Crippen molar-refractivity contribution in [2.45, 2.75) is 52.7 Å². The predicted molar refractivity (Wildman–Crippen MR) is 125 cm³/mol. The highest BCUT2D eigenvalue weighted by Gasteiger charge is 2.27. The summed E-state index contributed by atoms with van der Waals surface area (Å²) in [5.41, 5.74) is 1.88. The molecule has 0 aliphatic rings. The SMILES string of the molecule is CC[C@@H](C)NC(=O)[C@@H](C)N(Cc1cccc(OC)c1)C(=O)COc1ccc(Br)c(C)c1. The summed E-state index contributed by atoms with van der Waals surface area (Å²) in [5.74, 6) is 0.843. The molecule has 2 aromatic carbocycles. The number of ether oxygens (including phenoxy) is 2. The molecule has 0 saturated carbocycles. The van der Waals surface area contributed by atoms with Crippen LogP contribution in [0.2, 0.25) is 0 Å². The summed E-state index contributed by atoms with van der Waals surface area (Å²) in [7, 11) is 1.60. The van der Waals surface area contributed by atoms with Gasteiger partial charge >= 0.3 is 0 Å². The molecule has 0 saturated heterocycles. The molecule has 2 atom stereocenters. The van der Waals surface area contributed by atoms with Gasteiger partial charge in [0.05, 0.1) is 7.11 Å². The highest BCUT2D eigenvalue weighted by atomic mass is 79.9. The van der Waals surface area contributed by atoms with E-state index in [1.165, 1.54) is 4.90 Å². The normalized spacial score (nSPS) is 12.6. The van der Waals surface area contributed by atoms with Crippen LogP contribution >= 0.6 is 15.9 Å². The molecule has 31 heavy (non-hydrogen) atoms. The van der Waals surface area contributed by atoms with E-state index in [1.807, 2.05) is 57.2 Å². The van der Waals surface area contributed by atoms with Crippen LogP contribution in [0.25, 0.3) is 0 Å². The zero-order chi connectivity index (χ0) is 23.0. The maximum absolute atomic E-state index is 13.1. The van der Waals surface area contributed by atoms with Crippen molar-refractivity contribution < 1.29 is 19.1 Å². The van der Waals surface area contributed by atoms with Crippen LogP contribution in [0.4, 0.5) is 0 Å². The number of amides is 2. The third-order valence-electron chi connectivity index (χ3n) is 5.15. The summed E-state index contributed by atoms with van der Waals surface area (Å²) in [6.07, 6.45) is 0.814. The molecular weight excluding hydrogens is 460 g/mol. The Balaban J connectivity index is 2.18. The Labute approximate surface area is 193 Å². The molecule has 0 fully saturated rings. The summed E-state index contributed by atoms with van der Waals surface area (Å²) >= 11 is 3.46. The van der Waals surface area contributed by atoms with E-state index < -0.39 is 6.04 Å². The van der Waals surface area contributed by atoms with Crippen LogP contribution in [0.3, 0.4) is 0 Å². The topological polar surface area (TPSA) is 67.9 Å². The number of rotatable bonds is 10. The van der Waals surface area contributed by atoms with Crippen molar-refractivity contribution in [1.82, 2.24) is 10.2 Å². The Morgan fingerprint density at radius 2 is 1.87 bits per heavy atom. The maximum Gasteiger partial charge on any atom is 0.261 e. The van der Waals surface area contributed by atoms with Gasteiger partial charge in [-0.25, -0.2) is 0 Å². The van der Waals surface area contributed by atoms with Crippen molar-refractivity contribution in [3.63, 3.8) is 0 Å². The number of hydrogen-bond donors (Lipinski definition) is 1. The highest BCUT2D eigenvalue weighted by Crippen LogP contribution is 2.22. The van der Waals surface area contributed by atoms with Crippen LogP contribution in [0.1, 0.15) is 38.3 Å². The van der Waals surface area contributed by atoms with Crippen molar-refractivity contribution in [1.29, 1.82) is 0 Å². The maximum atomic E-state index is 13.1. The lowest BCUT2D eigenvalue weighted by Gasteiger charge is -2.29. The average molecular weight is 491 g/mol. The number of methoxy groups -OCH3 is 1. The molecule has 0 bridgehead atoms. The van der Waals surface area contributed by atoms with Crippen LogP contribution in [0.5, 0.6) is 11.5 Å². The van der Waals surface area contributed by atoms with Crippen LogP contribution in [-0.4, -0.2) is 42.5 Å². The van der Waals surface area contributed by atoms with E-state index in [2.05, 4.69) is 21.2 Å². The molecule has 168 valence electrons. The molecule has 0 aliphatic carbocycles. The van der Waals surface area contributed by atoms with E-state index in [9.17, 15) is 9.59 Å². The zero-order valence-corrected chi connectivity index (χ0v) is 20.4. The predicted octanol–water partition coefficient (Wildman–Crippen LogP) is 4.48. The molecule has 2 amide bonds. The molecule has 0 unspecified atom stereocenters. The number of nitrogens with one attached hydrogen (secondary N) is 1. The minimum Gasteiger partial charge on any atom is -0.497 e. The van der Waals surface area contributed by atoms with Gasteiger partial charge in [0.15, 0.2) is 6.61 Å². The number of hydrogen-bond acceptors (Lipinski definition) is 4. The lowest BCUT2D eigenvalue weighted by molar-refractivity contribution is -0.142. The summed E-state index contributed by atoms with van der Waals surface area (Å²) in [5, 5.41) is 2.96. The molecule has 0 aromatic heterocycles. The first-order chi connectivity index (χ1) is 14.7. The smallest absolute Gasteiger partial charge is 0.261 e. The van der Waals surface area contributed by atoms with Gasteiger partial charge in [-0.2, -0.15) is 0 Å². The molecule has 0 heterocycles. The third-order valence-corrected chi connectivity index (χ3v) is 6.04. The second-order valence-corrected chi connectivity index (χ2v) is 8.42. The van der Waals surface area contributed by atoms with Crippen molar-refractivity contribution in [3.05, 3.63) is 58.1 Å². The van der Waals surface area contributed by atoms with Gasteiger partial charge in [-0.05, 0) is 68.7 Å². The van der Waals surface area contributed by atoms with E-state index in [0.29, 0.717) is 11.5 Å². The first-order valence-electron chi connectivity index (χ1n) is 10.4. The minimum absolute atomic E-state index is 0.0331. The van der Waals surface area contributed by atoms with Gasteiger partial charge in [0.25, 0.3) is 5.91 Å². The Morgan fingerprint density at radius 3 is 2.52 bits per heavy atom. The fourth-order valence-corrected chi connectivity index (χ4v) is 3.20. The second-order valence-electron chi connectivity index (χ2n) is 7.57. The fraction of sp³-hybridized carbons (Fsp3) is 0.417. The first kappa shape index (κ1) is 24.7. The van der Waals surface area contributed by atoms with Crippen molar-refractivity contribution in [2.75, 3.05) is 13.7 Å². The zero-order valence-electron chi connectivity index (χ0n) is 18.8. The van der Waals surface area contributed by atoms with Crippen molar-refractivity contribution in [2.24, 2.45) is 0 Å². The molecular formula is C24H31BrN2O4. The molecule has 1 N–H and O–H groups in total. The summed E-state index contributed by atoms with van der Waals surface area (Å²) in [6, 6.07) is 12.4. The van der Waals surface area contributed by atoms with Crippen LogP contribution in [0, 0.1) is 6.92 Å². The van der Waals surface area contributed by atoms with Gasteiger partial charge in [-0.1, -0.05) is 35.0 Å². The molecule has 0 aliphatic heterocycles. The molecule has 0 spiro atoms. The third kappa shape index (κ3) is 7.28. The van der Waals surface area contributed by atoms with Gasteiger partial charge in [0.2, 0.25) is 5.91 Å². The van der Waals surface area contributed by atoms with E-state index in [0.717, 1.165) is 22.0 Å². The Bertz CT molecular complexity index is 903. The number of carbonyl (C=O) groups is 2. The van der Waals surface area contributed by atoms with Gasteiger partial charge in [0, 0.05) is 17.1 Å². The molecule has 6 nitrogen and oxygen atoms in total. The first-order valence-corrected chi connectivity index (χ1v) is 11.2. The molecule has 2 rings (SSSR count). The Hall–Kier alpha value is -2.54. The van der Waals surface area contributed by atoms with Gasteiger partial charge in [-0.3, -0.25) is 9.59 Å². The number of halogens is 1. The van der Waals surface area contributed by atoms with Crippen LogP contribution in [-0.2, 0) is 16.1 Å². The van der Waals surface area contributed by atoms with Gasteiger partial charge in [-0.15, -0.1) is 0 Å². The average Bonchev–Trinajstić information content (AvgIpc) is 2.77. The Kier molecular flexibility index (Phi) is 9.37. The van der Waals surface area contributed by atoms with Crippen LogP contribution < -0.4 is 14.8 Å². The fourth-order valence-electron chi connectivity index (χ4n) is 2.95. The summed E-state index contributed by atoms with van der Waals surface area (Å²) in [6.45, 7) is 7.75. The molecule has 7 heteroatoms. The second kappa shape index (κ2) is 11.7. The molecule has 2 aromatic rings. The van der Waals surface area contributed by atoms with E-state index in [4.69, 9.17) is 9.47 Å².